The van der Waals surface area contributed by atoms with Crippen LogP contribution >= 0.6 is 0 Å². The van der Waals surface area contributed by atoms with Crippen LogP contribution in [0.25, 0.3) is 11.0 Å². The average Bonchev–Trinajstić information content (AvgIpc) is 2.73. The molecule has 1 amide bonds. The molecule has 0 aliphatic rings. The summed E-state index contributed by atoms with van der Waals surface area (Å²) < 4.78 is 15.4. The molecule has 3 aromatic rings. The molecule has 0 aliphatic heterocycles. The molecule has 0 saturated heterocycles. The summed E-state index contributed by atoms with van der Waals surface area (Å²) in [5.74, 6) is -0.595. The Hall–Kier alpha value is -3.81. The second kappa shape index (κ2) is 8.47. The highest BCUT2D eigenvalue weighted by Crippen LogP contribution is 2.27. The van der Waals surface area contributed by atoms with Crippen molar-refractivity contribution in [3.8, 4) is 11.5 Å². The van der Waals surface area contributed by atoms with Gasteiger partial charge in [0.1, 0.15) is 30.2 Å². The number of methoxy groups -OCH3 is 1. The van der Waals surface area contributed by atoms with Crippen molar-refractivity contribution in [3.63, 3.8) is 0 Å². The lowest BCUT2D eigenvalue weighted by Crippen LogP contribution is -2.30. The molecule has 0 spiro atoms. The monoisotopic (exact) mass is 397 g/mol. The summed E-state index contributed by atoms with van der Waals surface area (Å²) in [6.07, 6.45) is 0. The number of hydrogen-bond acceptors (Lipinski definition) is 7. The summed E-state index contributed by atoms with van der Waals surface area (Å²) in [6.45, 7) is 1.10. The first-order valence-corrected chi connectivity index (χ1v) is 8.72. The number of carbonyl (C=O) groups is 2. The zero-order valence-corrected chi connectivity index (χ0v) is 15.9. The molecule has 1 heterocycles. The van der Waals surface area contributed by atoms with Crippen LogP contribution in [0.4, 0.5) is 0 Å². The van der Waals surface area contributed by atoms with E-state index < -0.39 is 17.5 Å². The van der Waals surface area contributed by atoms with Crippen molar-refractivity contribution in [1.29, 1.82) is 0 Å². The highest BCUT2D eigenvalue weighted by atomic mass is 16.5. The molecule has 3 rings (SSSR count). The molecule has 0 aliphatic carbocycles. The van der Waals surface area contributed by atoms with Crippen LogP contribution in [0.2, 0.25) is 0 Å². The molecule has 1 aromatic heterocycles. The maximum absolute atomic E-state index is 12.1. The quantitative estimate of drug-likeness (QED) is 0.484. The predicted molar refractivity (Wildman–Crippen MR) is 104 cm³/mol. The lowest BCUT2D eigenvalue weighted by atomic mass is 10.1. The third-order valence-electron chi connectivity index (χ3n) is 4.33. The van der Waals surface area contributed by atoms with Crippen LogP contribution in [0.1, 0.15) is 21.5 Å². The Morgan fingerprint density at radius 1 is 1.17 bits per heavy atom. The number of carbonyl (C=O) groups excluding carboxylic acids is 2. The molecule has 8 heteroatoms. The minimum absolute atomic E-state index is 0.00458. The van der Waals surface area contributed by atoms with Crippen molar-refractivity contribution < 1.29 is 28.6 Å². The normalized spacial score (nSPS) is 10.6. The van der Waals surface area contributed by atoms with E-state index in [2.05, 4.69) is 5.32 Å². The van der Waals surface area contributed by atoms with E-state index in [4.69, 9.17) is 13.9 Å². The summed E-state index contributed by atoms with van der Waals surface area (Å²) in [4.78, 5) is 35.9. The van der Waals surface area contributed by atoms with Gasteiger partial charge in [0.25, 0.3) is 5.91 Å². The molecule has 0 radical (unpaired) electrons. The Morgan fingerprint density at radius 2 is 1.97 bits per heavy atom. The predicted octanol–water partition coefficient (Wildman–Crippen LogP) is 2.29. The summed E-state index contributed by atoms with van der Waals surface area (Å²) >= 11 is 0. The molecular formula is C21H19NO7. The Labute approximate surface area is 165 Å². The fraction of sp³-hybridized carbons (Fsp3) is 0.190. The van der Waals surface area contributed by atoms with Gasteiger partial charge in [0, 0.05) is 28.1 Å². The van der Waals surface area contributed by atoms with Crippen molar-refractivity contribution in [2.75, 3.05) is 13.7 Å². The van der Waals surface area contributed by atoms with Crippen molar-refractivity contribution in [2.24, 2.45) is 0 Å². The van der Waals surface area contributed by atoms with E-state index in [1.165, 1.54) is 19.2 Å². The van der Waals surface area contributed by atoms with Crippen LogP contribution in [-0.2, 0) is 16.1 Å². The van der Waals surface area contributed by atoms with E-state index in [9.17, 15) is 19.5 Å². The first-order chi connectivity index (χ1) is 13.9. The number of rotatable bonds is 6. The van der Waals surface area contributed by atoms with E-state index in [-0.39, 0.29) is 24.5 Å². The molecular weight excluding hydrogens is 378 g/mol. The number of phenols is 1. The SMILES string of the molecule is COc1cccc(C(=O)NCC(=O)OCc2cc(=O)oc3c(C)c(O)ccc23)c1. The second-order valence-corrected chi connectivity index (χ2v) is 6.25. The smallest absolute Gasteiger partial charge is 0.336 e. The first kappa shape index (κ1) is 19.9. The van der Waals surface area contributed by atoms with Gasteiger partial charge in [-0.3, -0.25) is 9.59 Å². The van der Waals surface area contributed by atoms with Crippen LogP contribution < -0.4 is 15.7 Å². The zero-order valence-electron chi connectivity index (χ0n) is 15.9. The number of hydrogen-bond donors (Lipinski definition) is 2. The van der Waals surface area contributed by atoms with Gasteiger partial charge in [-0.05, 0) is 37.3 Å². The van der Waals surface area contributed by atoms with Gasteiger partial charge in [-0.2, -0.15) is 0 Å². The number of phenolic OH excluding ortho intramolecular Hbond substituents is 1. The zero-order chi connectivity index (χ0) is 21.0. The third-order valence-corrected chi connectivity index (χ3v) is 4.33. The van der Waals surface area contributed by atoms with E-state index in [1.54, 1.807) is 37.3 Å². The summed E-state index contributed by atoms with van der Waals surface area (Å²) in [5, 5.41) is 12.8. The van der Waals surface area contributed by atoms with Gasteiger partial charge >= 0.3 is 11.6 Å². The number of amides is 1. The van der Waals surface area contributed by atoms with E-state index in [0.717, 1.165) is 0 Å². The molecule has 0 atom stereocenters. The van der Waals surface area contributed by atoms with Crippen molar-refractivity contribution in [1.82, 2.24) is 5.32 Å². The fourth-order valence-corrected chi connectivity index (χ4v) is 2.76. The van der Waals surface area contributed by atoms with Crippen molar-refractivity contribution in [3.05, 3.63) is 69.6 Å². The van der Waals surface area contributed by atoms with Crippen LogP contribution in [0, 0.1) is 6.92 Å². The maximum atomic E-state index is 12.1. The van der Waals surface area contributed by atoms with Crippen LogP contribution in [-0.4, -0.2) is 30.6 Å². The Bertz CT molecular complexity index is 1130. The highest BCUT2D eigenvalue weighted by molar-refractivity contribution is 5.96. The van der Waals surface area contributed by atoms with Crippen molar-refractivity contribution in [2.45, 2.75) is 13.5 Å². The van der Waals surface area contributed by atoms with Gasteiger partial charge in [-0.15, -0.1) is 0 Å². The first-order valence-electron chi connectivity index (χ1n) is 8.72. The summed E-state index contributed by atoms with van der Waals surface area (Å²) in [5.41, 5.74) is 0.808. The highest BCUT2D eigenvalue weighted by Gasteiger charge is 2.14. The molecule has 0 saturated carbocycles. The average molecular weight is 397 g/mol. The van der Waals surface area contributed by atoms with Gasteiger partial charge in [0.05, 0.1) is 7.11 Å². The summed E-state index contributed by atoms with van der Waals surface area (Å²) in [7, 11) is 1.49. The minimum Gasteiger partial charge on any atom is -0.508 e. The molecule has 0 unspecified atom stereocenters. The fourth-order valence-electron chi connectivity index (χ4n) is 2.76. The molecule has 29 heavy (non-hydrogen) atoms. The lowest BCUT2D eigenvalue weighted by molar-refractivity contribution is -0.143. The third kappa shape index (κ3) is 4.55. The molecule has 0 fully saturated rings. The Balaban J connectivity index is 1.64. The molecule has 8 nitrogen and oxygen atoms in total. The maximum Gasteiger partial charge on any atom is 0.336 e. The summed E-state index contributed by atoms with van der Waals surface area (Å²) in [6, 6.07) is 10.8. The van der Waals surface area contributed by atoms with Gasteiger partial charge in [0.15, 0.2) is 0 Å². The largest absolute Gasteiger partial charge is 0.508 e. The number of aryl methyl sites for hydroxylation is 1. The standard InChI is InChI=1S/C21H19NO7/c1-12-17(23)7-6-16-14(9-18(24)29-20(12)16)11-28-19(25)10-22-21(26)13-4-3-5-15(8-13)27-2/h3-9,23H,10-11H2,1-2H3,(H,22,26). The van der Waals surface area contributed by atoms with Gasteiger partial charge in [-0.25, -0.2) is 4.79 Å². The van der Waals surface area contributed by atoms with Crippen LogP contribution in [0.5, 0.6) is 11.5 Å². The van der Waals surface area contributed by atoms with E-state index in [0.29, 0.717) is 27.8 Å². The van der Waals surface area contributed by atoms with Crippen LogP contribution in [0.3, 0.4) is 0 Å². The van der Waals surface area contributed by atoms with Gasteiger partial charge < -0.3 is 24.3 Å². The second-order valence-electron chi connectivity index (χ2n) is 6.25. The molecule has 0 bridgehead atoms. The van der Waals surface area contributed by atoms with Gasteiger partial charge in [0.2, 0.25) is 0 Å². The van der Waals surface area contributed by atoms with E-state index >= 15 is 0 Å². The Kier molecular flexibility index (Phi) is 5.82. The number of aromatic hydroxyl groups is 1. The molecule has 150 valence electrons. The molecule has 2 N–H and O–H groups in total. The number of nitrogens with one attached hydrogen (secondary N) is 1. The Morgan fingerprint density at radius 3 is 2.72 bits per heavy atom. The van der Waals surface area contributed by atoms with Crippen molar-refractivity contribution >= 4 is 22.8 Å². The lowest BCUT2D eigenvalue weighted by Gasteiger charge is -2.10. The molecule has 2 aromatic carbocycles. The topological polar surface area (TPSA) is 115 Å². The van der Waals surface area contributed by atoms with E-state index in [1.807, 2.05) is 0 Å². The van der Waals surface area contributed by atoms with Gasteiger partial charge in [-0.1, -0.05) is 6.07 Å². The van der Waals surface area contributed by atoms with Crippen LogP contribution in [0.15, 0.2) is 51.7 Å². The number of benzene rings is 2. The minimum atomic E-state index is -0.668. The number of ether oxygens (including phenoxy) is 2. The number of fused-ring (bicyclic) bond motifs is 1. The number of esters is 1.